The molecule has 0 unspecified atom stereocenters. The van der Waals surface area contributed by atoms with Crippen molar-refractivity contribution in [1.29, 1.82) is 0 Å². The zero-order valence-electron chi connectivity index (χ0n) is 5.66. The van der Waals surface area contributed by atoms with Crippen LogP contribution < -0.4 is 0 Å². The maximum absolute atomic E-state index is 4.98. The van der Waals surface area contributed by atoms with Crippen molar-refractivity contribution in [3.05, 3.63) is 43.2 Å². The van der Waals surface area contributed by atoms with Crippen LogP contribution in [0.4, 0.5) is 0 Å². The monoisotopic (exact) mass is 135 g/mol. The minimum Gasteiger partial charge on any atom is -0.449 e. The zero-order chi connectivity index (χ0) is 7.23. The van der Waals surface area contributed by atoms with Crippen molar-refractivity contribution >= 4 is 0 Å². The molecule has 0 aliphatic heterocycles. The van der Waals surface area contributed by atoms with Gasteiger partial charge in [0, 0.05) is 6.42 Å². The van der Waals surface area contributed by atoms with Gasteiger partial charge in [0.05, 0.1) is 6.20 Å². The molecule has 0 N–H and O–H groups in total. The summed E-state index contributed by atoms with van der Waals surface area (Å²) >= 11 is 0. The van der Waals surface area contributed by atoms with Gasteiger partial charge in [-0.15, -0.1) is 0 Å². The molecule has 1 rings (SSSR count). The van der Waals surface area contributed by atoms with Gasteiger partial charge in [-0.25, -0.2) is 4.98 Å². The summed E-state index contributed by atoms with van der Waals surface area (Å²) in [5.74, 6) is 0.734. The molecular formula is C8H9NO. The lowest BCUT2D eigenvalue weighted by Crippen LogP contribution is -1.76. The molecule has 1 aromatic rings. The Morgan fingerprint density at radius 2 is 2.60 bits per heavy atom. The van der Waals surface area contributed by atoms with Gasteiger partial charge in [0.25, 0.3) is 0 Å². The van der Waals surface area contributed by atoms with Crippen LogP contribution in [0.15, 0.2) is 41.7 Å². The van der Waals surface area contributed by atoms with Crippen LogP contribution >= 0.6 is 0 Å². The molecule has 2 nitrogen and oxygen atoms in total. The lowest BCUT2D eigenvalue weighted by atomic mass is 10.4. The lowest BCUT2D eigenvalue weighted by Gasteiger charge is -1.82. The van der Waals surface area contributed by atoms with Crippen LogP contribution in [0.1, 0.15) is 5.89 Å². The van der Waals surface area contributed by atoms with Crippen molar-refractivity contribution in [2.75, 3.05) is 0 Å². The molecule has 52 valence electrons. The van der Waals surface area contributed by atoms with E-state index in [-0.39, 0.29) is 0 Å². The van der Waals surface area contributed by atoms with E-state index in [9.17, 15) is 0 Å². The molecule has 0 atom stereocenters. The summed E-state index contributed by atoms with van der Waals surface area (Å²) in [6.07, 6.45) is 9.47. The van der Waals surface area contributed by atoms with Crippen LogP contribution in [0, 0.1) is 0 Å². The number of nitrogens with zero attached hydrogens (tertiary/aromatic N) is 1. The van der Waals surface area contributed by atoms with E-state index in [2.05, 4.69) is 11.6 Å². The molecule has 10 heavy (non-hydrogen) atoms. The Morgan fingerprint density at radius 3 is 3.20 bits per heavy atom. The van der Waals surface area contributed by atoms with Gasteiger partial charge in [0.1, 0.15) is 6.26 Å². The molecule has 0 radical (unpaired) electrons. The summed E-state index contributed by atoms with van der Waals surface area (Å²) in [6, 6.07) is 0. The Morgan fingerprint density at radius 1 is 1.70 bits per heavy atom. The second-order valence-corrected chi connectivity index (χ2v) is 1.79. The number of hydrogen-bond donors (Lipinski definition) is 0. The van der Waals surface area contributed by atoms with Crippen molar-refractivity contribution in [3.8, 4) is 0 Å². The summed E-state index contributed by atoms with van der Waals surface area (Å²) in [6.45, 7) is 3.54. The highest BCUT2D eigenvalue weighted by Gasteiger charge is 1.89. The van der Waals surface area contributed by atoms with Crippen molar-refractivity contribution < 1.29 is 4.42 Å². The molecule has 0 aliphatic rings. The molecule has 0 aliphatic carbocycles. The van der Waals surface area contributed by atoms with Crippen LogP contribution in [-0.2, 0) is 6.42 Å². The average molecular weight is 135 g/mol. The number of hydrogen-bond acceptors (Lipinski definition) is 2. The second kappa shape index (κ2) is 3.67. The topological polar surface area (TPSA) is 26.0 Å². The van der Waals surface area contributed by atoms with Gasteiger partial charge < -0.3 is 4.42 Å². The molecule has 2 heteroatoms. The largest absolute Gasteiger partial charge is 0.449 e. The Balaban J connectivity index is 2.41. The molecule has 0 amide bonds. The minimum atomic E-state index is 0.734. The highest BCUT2D eigenvalue weighted by atomic mass is 16.3. The Bertz CT molecular complexity index is 211. The van der Waals surface area contributed by atoms with Crippen molar-refractivity contribution in [1.82, 2.24) is 4.98 Å². The normalized spacial score (nSPS) is 10.4. The molecule has 1 heterocycles. The van der Waals surface area contributed by atoms with Crippen molar-refractivity contribution in [3.63, 3.8) is 0 Å². The van der Waals surface area contributed by atoms with E-state index in [4.69, 9.17) is 4.42 Å². The van der Waals surface area contributed by atoms with Gasteiger partial charge in [-0.1, -0.05) is 24.8 Å². The van der Waals surface area contributed by atoms with Crippen LogP contribution in [0.3, 0.4) is 0 Å². The van der Waals surface area contributed by atoms with Gasteiger partial charge in [-0.2, -0.15) is 0 Å². The first-order valence-electron chi connectivity index (χ1n) is 3.09. The Hall–Kier alpha value is -1.31. The predicted octanol–water partition coefficient (Wildman–Crippen LogP) is 1.96. The second-order valence-electron chi connectivity index (χ2n) is 1.79. The average Bonchev–Trinajstić information content (AvgIpc) is 2.41. The summed E-state index contributed by atoms with van der Waals surface area (Å²) < 4.78 is 4.98. The minimum absolute atomic E-state index is 0.734. The van der Waals surface area contributed by atoms with Crippen LogP contribution in [0.2, 0.25) is 0 Å². The van der Waals surface area contributed by atoms with Crippen LogP contribution in [0.5, 0.6) is 0 Å². The summed E-state index contributed by atoms with van der Waals surface area (Å²) in [5.41, 5.74) is 0. The smallest absolute Gasteiger partial charge is 0.197 e. The van der Waals surface area contributed by atoms with Crippen molar-refractivity contribution in [2.24, 2.45) is 0 Å². The van der Waals surface area contributed by atoms with Crippen molar-refractivity contribution in [2.45, 2.75) is 6.42 Å². The fourth-order valence-electron chi connectivity index (χ4n) is 0.619. The Labute approximate surface area is 59.9 Å². The number of rotatable bonds is 3. The van der Waals surface area contributed by atoms with E-state index in [1.807, 2.05) is 12.2 Å². The third-order valence-corrected chi connectivity index (χ3v) is 1.05. The van der Waals surface area contributed by atoms with Gasteiger partial charge in [0.2, 0.25) is 0 Å². The summed E-state index contributed by atoms with van der Waals surface area (Å²) in [7, 11) is 0. The standard InChI is InChI=1S/C8H9NO/c1-2-3-4-5-8-9-6-7-10-8/h2-4,6-7H,1,5H2. The van der Waals surface area contributed by atoms with Gasteiger partial charge in [-0.3, -0.25) is 0 Å². The van der Waals surface area contributed by atoms with E-state index in [1.165, 1.54) is 0 Å². The molecular weight excluding hydrogens is 126 g/mol. The molecule has 0 saturated carbocycles. The molecule has 0 spiro atoms. The molecule has 0 saturated heterocycles. The van der Waals surface area contributed by atoms with Gasteiger partial charge in [-0.05, 0) is 0 Å². The van der Waals surface area contributed by atoms with Gasteiger partial charge >= 0.3 is 0 Å². The maximum Gasteiger partial charge on any atom is 0.197 e. The molecule has 0 fully saturated rings. The first kappa shape index (κ1) is 6.81. The molecule has 1 aromatic heterocycles. The molecule has 0 aromatic carbocycles. The van der Waals surface area contributed by atoms with Crippen LogP contribution in [-0.4, -0.2) is 4.98 Å². The third kappa shape index (κ3) is 1.90. The predicted molar refractivity (Wildman–Crippen MR) is 39.5 cm³/mol. The summed E-state index contributed by atoms with van der Waals surface area (Å²) in [4.78, 5) is 3.94. The number of oxazole rings is 1. The van der Waals surface area contributed by atoms with E-state index >= 15 is 0 Å². The molecule has 0 bridgehead atoms. The first-order valence-corrected chi connectivity index (χ1v) is 3.09. The van der Waals surface area contributed by atoms with E-state index in [1.54, 1.807) is 18.5 Å². The summed E-state index contributed by atoms with van der Waals surface area (Å²) in [5, 5.41) is 0. The quantitative estimate of drug-likeness (QED) is 0.592. The maximum atomic E-state index is 4.98. The highest BCUT2D eigenvalue weighted by Crippen LogP contribution is 1.95. The number of allylic oxidation sites excluding steroid dienone is 3. The Kier molecular flexibility index (Phi) is 2.49. The fraction of sp³-hybridized carbons (Fsp3) is 0.125. The fourth-order valence-corrected chi connectivity index (χ4v) is 0.619. The number of aromatic nitrogens is 1. The van der Waals surface area contributed by atoms with E-state index < -0.39 is 0 Å². The zero-order valence-corrected chi connectivity index (χ0v) is 5.66. The third-order valence-electron chi connectivity index (χ3n) is 1.05. The highest BCUT2D eigenvalue weighted by molar-refractivity contribution is 5.01. The van der Waals surface area contributed by atoms with E-state index in [0.29, 0.717) is 0 Å². The first-order chi connectivity index (χ1) is 4.93. The van der Waals surface area contributed by atoms with Gasteiger partial charge in [0.15, 0.2) is 5.89 Å². The van der Waals surface area contributed by atoms with E-state index in [0.717, 1.165) is 12.3 Å². The lowest BCUT2D eigenvalue weighted by molar-refractivity contribution is 0.509. The SMILES string of the molecule is C=CC=CCc1ncco1. The van der Waals surface area contributed by atoms with Crippen LogP contribution in [0.25, 0.3) is 0 Å².